The summed E-state index contributed by atoms with van der Waals surface area (Å²) in [6.07, 6.45) is 0. The summed E-state index contributed by atoms with van der Waals surface area (Å²) in [6.45, 7) is 0. The summed E-state index contributed by atoms with van der Waals surface area (Å²) in [5.41, 5.74) is 6.11. The summed E-state index contributed by atoms with van der Waals surface area (Å²) in [5.74, 6) is -0.516. The van der Waals surface area contributed by atoms with E-state index in [1.54, 1.807) is 24.3 Å². The fourth-order valence-electron chi connectivity index (χ4n) is 1.41. The summed E-state index contributed by atoms with van der Waals surface area (Å²) in [5, 5.41) is 10.8. The summed E-state index contributed by atoms with van der Waals surface area (Å²) >= 11 is 1.08. The van der Waals surface area contributed by atoms with E-state index in [4.69, 9.17) is 5.73 Å². The summed E-state index contributed by atoms with van der Waals surface area (Å²) in [4.78, 5) is 11.2. The minimum absolute atomic E-state index is 0.135. The lowest BCUT2D eigenvalue weighted by Gasteiger charge is -2.05. The first-order chi connectivity index (χ1) is 8.58. The van der Waals surface area contributed by atoms with Crippen LogP contribution < -0.4 is 5.73 Å². The molecule has 0 bridgehead atoms. The number of rotatable bonds is 3. The van der Waals surface area contributed by atoms with Gasteiger partial charge in [0, 0.05) is 16.6 Å². The maximum Gasteiger partial charge on any atom is 0.283 e. The number of nitro groups is 1. The summed E-state index contributed by atoms with van der Waals surface area (Å²) < 4.78 is 13.1. The smallest absolute Gasteiger partial charge is 0.283 e. The third-order valence-corrected chi connectivity index (χ3v) is 3.40. The highest BCUT2D eigenvalue weighted by Gasteiger charge is 2.16. The van der Waals surface area contributed by atoms with Crippen molar-refractivity contribution in [2.75, 3.05) is 5.73 Å². The number of hydrogen-bond donors (Lipinski definition) is 1. The second kappa shape index (κ2) is 5.05. The molecule has 0 aliphatic heterocycles. The molecule has 0 aliphatic rings. The maximum atomic E-state index is 13.1. The van der Waals surface area contributed by atoms with E-state index in [1.165, 1.54) is 0 Å². The van der Waals surface area contributed by atoms with Crippen molar-refractivity contribution in [3.05, 3.63) is 58.4 Å². The van der Waals surface area contributed by atoms with Crippen LogP contribution in [0.1, 0.15) is 0 Å². The van der Waals surface area contributed by atoms with Crippen LogP contribution in [-0.2, 0) is 0 Å². The average Bonchev–Trinajstić information content (AvgIpc) is 2.32. The van der Waals surface area contributed by atoms with Crippen LogP contribution in [0.2, 0.25) is 0 Å². The van der Waals surface area contributed by atoms with Crippen molar-refractivity contribution in [1.29, 1.82) is 0 Å². The molecule has 4 nitrogen and oxygen atoms in total. The Morgan fingerprint density at radius 2 is 1.89 bits per heavy atom. The van der Waals surface area contributed by atoms with Gasteiger partial charge in [-0.25, -0.2) is 4.39 Å². The molecular weight excluding hydrogens is 255 g/mol. The van der Waals surface area contributed by atoms with Gasteiger partial charge in [0.05, 0.1) is 9.82 Å². The molecule has 0 amide bonds. The zero-order chi connectivity index (χ0) is 13.1. The molecule has 2 aromatic rings. The maximum absolute atomic E-state index is 13.1. The van der Waals surface area contributed by atoms with Crippen LogP contribution in [0.4, 0.5) is 15.8 Å². The number of anilines is 1. The second-order valence-electron chi connectivity index (χ2n) is 3.51. The van der Waals surface area contributed by atoms with E-state index in [9.17, 15) is 14.5 Å². The highest BCUT2D eigenvalue weighted by atomic mass is 32.2. The standard InChI is InChI=1S/C12H9FN2O2S/c13-8-5-6-10(15(16)17)12(7-8)18-11-4-2-1-3-9(11)14/h1-7H,14H2. The molecule has 92 valence electrons. The van der Waals surface area contributed by atoms with Crippen molar-refractivity contribution in [2.24, 2.45) is 0 Å². The molecule has 0 unspecified atom stereocenters. The fraction of sp³-hybridized carbons (Fsp3) is 0. The predicted molar refractivity (Wildman–Crippen MR) is 68.0 cm³/mol. The molecule has 0 atom stereocenters. The van der Waals surface area contributed by atoms with Gasteiger partial charge < -0.3 is 5.73 Å². The average molecular weight is 264 g/mol. The lowest BCUT2D eigenvalue weighted by atomic mass is 10.3. The fourth-order valence-corrected chi connectivity index (χ4v) is 2.40. The molecule has 0 fully saturated rings. The monoisotopic (exact) mass is 264 g/mol. The molecule has 2 aromatic carbocycles. The van der Waals surface area contributed by atoms with Crippen molar-refractivity contribution in [1.82, 2.24) is 0 Å². The molecule has 0 radical (unpaired) electrons. The quantitative estimate of drug-likeness (QED) is 0.523. The lowest BCUT2D eigenvalue weighted by molar-refractivity contribution is -0.387. The number of nitro benzene ring substituents is 1. The number of benzene rings is 2. The van der Waals surface area contributed by atoms with Gasteiger partial charge in [0.1, 0.15) is 5.82 Å². The Hall–Kier alpha value is -2.08. The van der Waals surface area contributed by atoms with Gasteiger partial charge in [0.2, 0.25) is 0 Å². The van der Waals surface area contributed by atoms with E-state index < -0.39 is 10.7 Å². The van der Waals surface area contributed by atoms with Crippen molar-refractivity contribution >= 4 is 23.1 Å². The molecular formula is C12H9FN2O2S. The number of nitrogens with zero attached hydrogens (tertiary/aromatic N) is 1. The van der Waals surface area contributed by atoms with E-state index >= 15 is 0 Å². The van der Waals surface area contributed by atoms with Crippen LogP contribution in [0.25, 0.3) is 0 Å². The first kappa shape index (κ1) is 12.4. The van der Waals surface area contributed by atoms with Gasteiger partial charge in [-0.05, 0) is 24.3 Å². The zero-order valence-electron chi connectivity index (χ0n) is 9.17. The Labute approximate surface area is 107 Å². The van der Waals surface area contributed by atoms with Crippen LogP contribution in [0.5, 0.6) is 0 Å². The first-order valence-corrected chi connectivity index (χ1v) is 5.86. The Balaban J connectivity index is 2.42. The van der Waals surface area contributed by atoms with Crippen molar-refractivity contribution < 1.29 is 9.31 Å². The Bertz CT molecular complexity index is 604. The van der Waals surface area contributed by atoms with Gasteiger partial charge >= 0.3 is 0 Å². The molecule has 0 heterocycles. The van der Waals surface area contributed by atoms with Crippen molar-refractivity contribution in [2.45, 2.75) is 9.79 Å². The van der Waals surface area contributed by atoms with Gasteiger partial charge in [-0.1, -0.05) is 23.9 Å². The van der Waals surface area contributed by atoms with E-state index in [0.29, 0.717) is 10.6 Å². The van der Waals surface area contributed by atoms with Crippen LogP contribution in [-0.4, -0.2) is 4.92 Å². The van der Waals surface area contributed by atoms with Crippen molar-refractivity contribution in [3.8, 4) is 0 Å². The molecule has 2 N–H and O–H groups in total. The lowest BCUT2D eigenvalue weighted by Crippen LogP contribution is -1.93. The Morgan fingerprint density at radius 3 is 2.56 bits per heavy atom. The molecule has 6 heteroatoms. The van der Waals surface area contributed by atoms with Crippen molar-refractivity contribution in [3.63, 3.8) is 0 Å². The Morgan fingerprint density at radius 1 is 1.17 bits per heavy atom. The van der Waals surface area contributed by atoms with Gasteiger partial charge in [-0.3, -0.25) is 10.1 Å². The number of halogens is 1. The summed E-state index contributed by atoms with van der Waals surface area (Å²) in [7, 11) is 0. The number of hydrogen-bond acceptors (Lipinski definition) is 4. The normalized spacial score (nSPS) is 10.3. The molecule has 2 rings (SSSR count). The van der Waals surface area contributed by atoms with Crippen LogP contribution in [0, 0.1) is 15.9 Å². The summed E-state index contributed by atoms with van der Waals surface area (Å²) in [6, 6.07) is 10.3. The minimum atomic E-state index is -0.541. The van der Waals surface area contributed by atoms with Gasteiger partial charge in [0.15, 0.2) is 0 Å². The highest BCUT2D eigenvalue weighted by Crippen LogP contribution is 2.37. The number of para-hydroxylation sites is 1. The third kappa shape index (κ3) is 2.60. The number of nitrogens with two attached hydrogens (primary N) is 1. The second-order valence-corrected chi connectivity index (χ2v) is 4.59. The SMILES string of the molecule is Nc1ccccc1Sc1cc(F)ccc1[N+](=O)[O-]. The predicted octanol–water partition coefficient (Wildman–Crippen LogP) is 3.47. The highest BCUT2D eigenvalue weighted by molar-refractivity contribution is 7.99. The van der Waals surface area contributed by atoms with Gasteiger partial charge in [-0.15, -0.1) is 0 Å². The molecule has 0 aromatic heterocycles. The van der Waals surface area contributed by atoms with Crippen LogP contribution >= 0.6 is 11.8 Å². The van der Waals surface area contributed by atoms with E-state index in [0.717, 1.165) is 30.0 Å². The van der Waals surface area contributed by atoms with Gasteiger partial charge in [-0.2, -0.15) is 0 Å². The Kier molecular flexibility index (Phi) is 3.47. The minimum Gasteiger partial charge on any atom is -0.398 e. The van der Waals surface area contributed by atoms with E-state index in [-0.39, 0.29) is 10.6 Å². The van der Waals surface area contributed by atoms with E-state index in [2.05, 4.69) is 0 Å². The molecule has 0 saturated carbocycles. The molecule has 0 saturated heterocycles. The number of nitrogen functional groups attached to an aromatic ring is 1. The van der Waals surface area contributed by atoms with Crippen LogP contribution in [0.15, 0.2) is 52.3 Å². The molecule has 0 aliphatic carbocycles. The third-order valence-electron chi connectivity index (χ3n) is 2.26. The molecule has 0 spiro atoms. The van der Waals surface area contributed by atoms with Gasteiger partial charge in [0.25, 0.3) is 5.69 Å². The van der Waals surface area contributed by atoms with E-state index in [1.807, 2.05) is 0 Å². The van der Waals surface area contributed by atoms with Crippen LogP contribution in [0.3, 0.4) is 0 Å². The molecule has 18 heavy (non-hydrogen) atoms. The largest absolute Gasteiger partial charge is 0.398 e. The topological polar surface area (TPSA) is 69.2 Å². The zero-order valence-corrected chi connectivity index (χ0v) is 9.99. The first-order valence-electron chi connectivity index (χ1n) is 5.04.